The van der Waals surface area contributed by atoms with Crippen LogP contribution in [-0.4, -0.2) is 0 Å². The molecule has 0 saturated carbocycles. The summed E-state index contributed by atoms with van der Waals surface area (Å²) in [6.07, 6.45) is 3.57. The van der Waals surface area contributed by atoms with Gasteiger partial charge in [0.2, 0.25) is 0 Å². The van der Waals surface area contributed by atoms with E-state index in [2.05, 4.69) is 5.32 Å². The van der Waals surface area contributed by atoms with E-state index in [-0.39, 0.29) is 0 Å². The van der Waals surface area contributed by atoms with E-state index < -0.39 is 0 Å². The van der Waals surface area contributed by atoms with Gasteiger partial charge in [0.15, 0.2) is 0 Å². The van der Waals surface area contributed by atoms with Gasteiger partial charge in [-0.25, -0.2) is 0 Å². The third kappa shape index (κ3) is 1.05. The van der Waals surface area contributed by atoms with Crippen LogP contribution in [0.4, 0.5) is 11.4 Å². The highest BCUT2D eigenvalue weighted by Gasteiger charge is 2.07. The lowest BCUT2D eigenvalue weighted by Crippen LogP contribution is -2.08. The predicted molar refractivity (Wildman–Crippen MR) is 47.5 cm³/mol. The van der Waals surface area contributed by atoms with Gasteiger partial charge >= 0.3 is 0 Å². The highest BCUT2D eigenvalue weighted by atomic mass is 35.5. The minimum Gasteiger partial charge on any atom is -0.359 e. The van der Waals surface area contributed by atoms with Crippen molar-refractivity contribution in [1.82, 2.24) is 0 Å². The molecular formula is C8H7ClN2. The summed E-state index contributed by atoms with van der Waals surface area (Å²) >= 11 is 5.85. The van der Waals surface area contributed by atoms with Gasteiger partial charge in [0, 0.05) is 24.2 Å². The monoisotopic (exact) mass is 166 g/mol. The van der Waals surface area contributed by atoms with Gasteiger partial charge in [-0.1, -0.05) is 12.1 Å². The van der Waals surface area contributed by atoms with Crippen LogP contribution in [0.3, 0.4) is 0 Å². The molecule has 1 aromatic rings. The van der Waals surface area contributed by atoms with E-state index in [1.165, 1.54) is 0 Å². The molecule has 0 spiro atoms. The summed E-state index contributed by atoms with van der Waals surface area (Å²) in [5, 5.41) is 3.09. The van der Waals surface area contributed by atoms with Gasteiger partial charge in [-0.2, -0.15) is 0 Å². The highest BCUT2D eigenvalue weighted by Crippen LogP contribution is 2.29. The van der Waals surface area contributed by atoms with Gasteiger partial charge < -0.3 is 5.32 Å². The Hall–Kier alpha value is -1.15. The van der Waals surface area contributed by atoms with Crippen molar-refractivity contribution in [1.29, 1.82) is 0 Å². The SMILES string of the molecule is ClN1C=CNc2ccccc21. The molecule has 11 heavy (non-hydrogen) atoms. The number of para-hydroxylation sites is 2. The Morgan fingerprint density at radius 1 is 1.27 bits per heavy atom. The van der Waals surface area contributed by atoms with Crippen LogP contribution in [0.1, 0.15) is 0 Å². The average Bonchev–Trinajstić information content (AvgIpc) is 2.06. The second-order valence-corrected chi connectivity index (χ2v) is 2.65. The molecule has 2 nitrogen and oxygen atoms in total. The lowest BCUT2D eigenvalue weighted by molar-refractivity contribution is 1.36. The van der Waals surface area contributed by atoms with Crippen molar-refractivity contribution < 1.29 is 0 Å². The number of halogens is 1. The van der Waals surface area contributed by atoms with Crippen LogP contribution in [-0.2, 0) is 0 Å². The number of anilines is 2. The van der Waals surface area contributed by atoms with E-state index in [0.717, 1.165) is 11.4 Å². The second kappa shape index (κ2) is 2.47. The molecular weight excluding hydrogens is 160 g/mol. The van der Waals surface area contributed by atoms with Crippen LogP contribution in [0.5, 0.6) is 0 Å². The van der Waals surface area contributed by atoms with Gasteiger partial charge in [0.05, 0.1) is 11.4 Å². The van der Waals surface area contributed by atoms with Crippen molar-refractivity contribution in [3.8, 4) is 0 Å². The summed E-state index contributed by atoms with van der Waals surface area (Å²) in [5.41, 5.74) is 2.02. The van der Waals surface area contributed by atoms with Crippen LogP contribution in [0.15, 0.2) is 36.7 Å². The van der Waals surface area contributed by atoms with E-state index >= 15 is 0 Å². The Balaban J connectivity index is 2.50. The quantitative estimate of drug-likeness (QED) is 0.596. The van der Waals surface area contributed by atoms with Crippen molar-refractivity contribution in [2.24, 2.45) is 0 Å². The predicted octanol–water partition coefficient (Wildman–Crippen LogP) is 2.54. The molecule has 0 aromatic heterocycles. The zero-order valence-electron chi connectivity index (χ0n) is 5.79. The van der Waals surface area contributed by atoms with Crippen LogP contribution in [0.2, 0.25) is 0 Å². The maximum absolute atomic E-state index is 5.85. The van der Waals surface area contributed by atoms with Crippen LogP contribution >= 0.6 is 11.8 Å². The number of hydrogen-bond acceptors (Lipinski definition) is 2. The number of fused-ring (bicyclic) bond motifs is 1. The largest absolute Gasteiger partial charge is 0.359 e. The molecule has 2 rings (SSSR count). The third-order valence-corrected chi connectivity index (χ3v) is 1.87. The Morgan fingerprint density at radius 3 is 2.91 bits per heavy atom. The van der Waals surface area contributed by atoms with Crippen molar-refractivity contribution in [2.45, 2.75) is 0 Å². The molecule has 0 fully saturated rings. The first kappa shape index (κ1) is 6.55. The number of hydrogen-bond donors (Lipinski definition) is 1. The first-order valence-electron chi connectivity index (χ1n) is 3.35. The highest BCUT2D eigenvalue weighted by molar-refractivity contribution is 6.27. The Kier molecular flexibility index (Phi) is 1.47. The molecule has 0 saturated heterocycles. The zero-order chi connectivity index (χ0) is 7.68. The maximum atomic E-state index is 5.85. The molecule has 1 N–H and O–H groups in total. The molecule has 0 unspecified atom stereocenters. The third-order valence-electron chi connectivity index (χ3n) is 1.58. The van der Waals surface area contributed by atoms with Crippen LogP contribution in [0.25, 0.3) is 0 Å². The van der Waals surface area contributed by atoms with Gasteiger partial charge in [0.1, 0.15) is 0 Å². The first-order valence-corrected chi connectivity index (χ1v) is 3.69. The summed E-state index contributed by atoms with van der Waals surface area (Å²) in [6.45, 7) is 0. The zero-order valence-corrected chi connectivity index (χ0v) is 6.55. The molecule has 0 bridgehead atoms. The fraction of sp³-hybridized carbons (Fsp3) is 0. The number of nitrogens with zero attached hydrogens (tertiary/aromatic N) is 1. The molecule has 1 heterocycles. The fourth-order valence-corrected chi connectivity index (χ4v) is 1.26. The van der Waals surface area contributed by atoms with Crippen LogP contribution < -0.4 is 9.74 Å². The van der Waals surface area contributed by atoms with Gasteiger partial charge in [-0.05, 0) is 12.1 Å². The summed E-state index contributed by atoms with van der Waals surface area (Å²) in [4.78, 5) is 0. The van der Waals surface area contributed by atoms with Gasteiger partial charge in [0.25, 0.3) is 0 Å². The molecule has 0 atom stereocenters. The minimum absolute atomic E-state index is 0.983. The van der Waals surface area contributed by atoms with Crippen molar-refractivity contribution >= 4 is 23.2 Å². The lowest BCUT2D eigenvalue weighted by atomic mass is 10.2. The second-order valence-electron chi connectivity index (χ2n) is 2.29. The van der Waals surface area contributed by atoms with E-state index in [1.54, 1.807) is 16.8 Å². The van der Waals surface area contributed by atoms with E-state index in [9.17, 15) is 0 Å². The van der Waals surface area contributed by atoms with Crippen molar-refractivity contribution in [3.05, 3.63) is 36.7 Å². The molecule has 1 aromatic carbocycles. The molecule has 0 aliphatic carbocycles. The molecule has 56 valence electrons. The van der Waals surface area contributed by atoms with Gasteiger partial charge in [-0.15, -0.1) is 0 Å². The topological polar surface area (TPSA) is 15.3 Å². The van der Waals surface area contributed by atoms with Crippen LogP contribution in [0, 0.1) is 0 Å². The molecule has 1 aliphatic rings. The standard InChI is InChI=1S/C8H7ClN2/c9-11-6-5-10-7-3-1-2-4-8(7)11/h1-6,10H. The van der Waals surface area contributed by atoms with E-state index in [1.807, 2.05) is 24.3 Å². The van der Waals surface area contributed by atoms with E-state index in [4.69, 9.17) is 11.8 Å². The average molecular weight is 167 g/mol. The van der Waals surface area contributed by atoms with Crippen molar-refractivity contribution in [3.63, 3.8) is 0 Å². The lowest BCUT2D eigenvalue weighted by Gasteiger charge is -2.19. The first-order chi connectivity index (χ1) is 5.38. The number of rotatable bonds is 0. The maximum Gasteiger partial charge on any atom is 0.0809 e. The Labute approximate surface area is 70.2 Å². The fourth-order valence-electron chi connectivity index (χ4n) is 1.05. The minimum atomic E-state index is 0.983. The number of nitrogens with one attached hydrogen (secondary N) is 1. The van der Waals surface area contributed by atoms with Crippen molar-refractivity contribution in [2.75, 3.05) is 9.74 Å². The van der Waals surface area contributed by atoms with E-state index in [0.29, 0.717) is 0 Å². The Bertz CT molecular complexity index is 296. The molecule has 3 heteroatoms. The molecule has 0 amide bonds. The summed E-state index contributed by atoms with van der Waals surface area (Å²) in [5.74, 6) is 0. The molecule has 0 radical (unpaired) electrons. The molecule has 1 aliphatic heterocycles. The normalized spacial score (nSPS) is 14.1. The summed E-state index contributed by atoms with van der Waals surface area (Å²) in [7, 11) is 0. The van der Waals surface area contributed by atoms with Gasteiger partial charge in [-0.3, -0.25) is 4.42 Å². The summed E-state index contributed by atoms with van der Waals surface area (Å²) < 4.78 is 1.56. The summed E-state index contributed by atoms with van der Waals surface area (Å²) in [6, 6.07) is 7.86. The number of benzene rings is 1. The Morgan fingerprint density at radius 2 is 2.09 bits per heavy atom. The smallest absolute Gasteiger partial charge is 0.0809 e.